The molecule has 0 bridgehead atoms. The van der Waals surface area contributed by atoms with Crippen LogP contribution in [0, 0.1) is 5.92 Å². The lowest BCUT2D eigenvalue weighted by atomic mass is 9.96. The third-order valence-electron chi connectivity index (χ3n) is 3.69. The van der Waals surface area contributed by atoms with E-state index in [1.165, 1.54) is 31.5 Å². The molecule has 0 saturated carbocycles. The lowest BCUT2D eigenvalue weighted by Gasteiger charge is -2.20. The standard InChI is InChI=1S/C14H21N3O2/c1-2-4-11-5-3-9-17(10-7-11)14-15-8-6-12(16-14)13(18)19/h6,8,11H,2-5,7,9-10H2,1H3,(H,18,19). The first-order chi connectivity index (χ1) is 9.20. The summed E-state index contributed by atoms with van der Waals surface area (Å²) in [5.41, 5.74) is 0.0688. The summed E-state index contributed by atoms with van der Waals surface area (Å²) in [5.74, 6) is 0.344. The van der Waals surface area contributed by atoms with Crippen LogP contribution in [0.25, 0.3) is 0 Å². The predicted octanol–water partition coefficient (Wildman–Crippen LogP) is 2.58. The summed E-state index contributed by atoms with van der Waals surface area (Å²) >= 11 is 0. The predicted molar refractivity (Wildman–Crippen MR) is 73.5 cm³/mol. The smallest absolute Gasteiger partial charge is 0.354 e. The van der Waals surface area contributed by atoms with Crippen LogP contribution >= 0.6 is 0 Å². The number of carbonyl (C=O) groups is 1. The van der Waals surface area contributed by atoms with Crippen molar-refractivity contribution in [1.82, 2.24) is 9.97 Å². The molecule has 5 heteroatoms. The van der Waals surface area contributed by atoms with Gasteiger partial charge in [-0.05, 0) is 31.2 Å². The number of hydrogen-bond acceptors (Lipinski definition) is 4. The minimum atomic E-state index is -0.998. The fraction of sp³-hybridized carbons (Fsp3) is 0.643. The van der Waals surface area contributed by atoms with E-state index < -0.39 is 5.97 Å². The molecule has 1 unspecified atom stereocenters. The van der Waals surface area contributed by atoms with E-state index >= 15 is 0 Å². The number of rotatable bonds is 4. The highest BCUT2D eigenvalue weighted by Crippen LogP contribution is 2.23. The van der Waals surface area contributed by atoms with Crippen LogP contribution in [0.5, 0.6) is 0 Å². The Morgan fingerprint density at radius 2 is 2.32 bits per heavy atom. The fourth-order valence-corrected chi connectivity index (χ4v) is 2.68. The van der Waals surface area contributed by atoms with Crippen molar-refractivity contribution in [1.29, 1.82) is 0 Å². The molecule has 2 rings (SSSR count). The van der Waals surface area contributed by atoms with Crippen LogP contribution in [-0.2, 0) is 0 Å². The Bertz CT molecular complexity index is 436. The second kappa shape index (κ2) is 6.50. The highest BCUT2D eigenvalue weighted by Gasteiger charge is 2.19. The summed E-state index contributed by atoms with van der Waals surface area (Å²) in [6.07, 6.45) is 7.57. The average Bonchev–Trinajstić information content (AvgIpc) is 2.65. The number of aromatic carboxylic acids is 1. The van der Waals surface area contributed by atoms with Crippen molar-refractivity contribution in [2.24, 2.45) is 5.92 Å². The summed E-state index contributed by atoms with van der Waals surface area (Å²) in [6.45, 7) is 4.07. The van der Waals surface area contributed by atoms with Crippen LogP contribution < -0.4 is 4.90 Å². The van der Waals surface area contributed by atoms with E-state index in [0.717, 1.165) is 31.8 Å². The summed E-state index contributed by atoms with van der Waals surface area (Å²) < 4.78 is 0. The van der Waals surface area contributed by atoms with Gasteiger partial charge >= 0.3 is 5.97 Å². The molecule has 1 aromatic heterocycles. The van der Waals surface area contributed by atoms with Gasteiger partial charge in [0.25, 0.3) is 0 Å². The Hall–Kier alpha value is -1.65. The molecule has 104 valence electrons. The molecule has 1 aromatic rings. The minimum Gasteiger partial charge on any atom is -0.477 e. The number of carboxylic acid groups (broad SMARTS) is 1. The van der Waals surface area contributed by atoms with Crippen molar-refractivity contribution in [2.45, 2.75) is 39.0 Å². The second-order valence-corrected chi connectivity index (χ2v) is 5.12. The lowest BCUT2D eigenvalue weighted by Crippen LogP contribution is -2.26. The summed E-state index contributed by atoms with van der Waals surface area (Å²) in [7, 11) is 0. The van der Waals surface area contributed by atoms with E-state index in [0.29, 0.717) is 5.95 Å². The minimum absolute atomic E-state index is 0.0688. The van der Waals surface area contributed by atoms with Crippen LogP contribution in [0.1, 0.15) is 49.5 Å². The van der Waals surface area contributed by atoms with E-state index in [2.05, 4.69) is 21.8 Å². The van der Waals surface area contributed by atoms with Crippen molar-refractivity contribution in [2.75, 3.05) is 18.0 Å². The van der Waals surface area contributed by atoms with Gasteiger partial charge < -0.3 is 10.0 Å². The Morgan fingerprint density at radius 1 is 1.47 bits per heavy atom. The Kier molecular flexibility index (Phi) is 4.71. The van der Waals surface area contributed by atoms with Gasteiger partial charge in [0, 0.05) is 19.3 Å². The number of aromatic nitrogens is 2. The fourth-order valence-electron chi connectivity index (χ4n) is 2.68. The first kappa shape index (κ1) is 13.8. The largest absolute Gasteiger partial charge is 0.477 e. The van der Waals surface area contributed by atoms with Gasteiger partial charge in [-0.15, -0.1) is 0 Å². The van der Waals surface area contributed by atoms with Crippen LogP contribution in [0.15, 0.2) is 12.3 Å². The first-order valence-corrected chi connectivity index (χ1v) is 7.02. The molecule has 5 nitrogen and oxygen atoms in total. The maximum Gasteiger partial charge on any atom is 0.354 e. The third-order valence-corrected chi connectivity index (χ3v) is 3.69. The van der Waals surface area contributed by atoms with Gasteiger partial charge in [-0.2, -0.15) is 0 Å². The van der Waals surface area contributed by atoms with Crippen LogP contribution in [-0.4, -0.2) is 34.1 Å². The highest BCUT2D eigenvalue weighted by molar-refractivity contribution is 5.85. The molecule has 1 N–H and O–H groups in total. The molecule has 19 heavy (non-hydrogen) atoms. The molecule has 1 saturated heterocycles. The van der Waals surface area contributed by atoms with Gasteiger partial charge in [-0.25, -0.2) is 14.8 Å². The van der Waals surface area contributed by atoms with Crippen LogP contribution in [0.2, 0.25) is 0 Å². The number of anilines is 1. The number of carboxylic acids is 1. The van der Waals surface area contributed by atoms with E-state index in [4.69, 9.17) is 5.11 Å². The van der Waals surface area contributed by atoms with Crippen LogP contribution in [0.4, 0.5) is 5.95 Å². The summed E-state index contributed by atoms with van der Waals surface area (Å²) in [5, 5.41) is 8.97. The second-order valence-electron chi connectivity index (χ2n) is 5.12. The molecule has 1 atom stereocenters. The SMILES string of the molecule is CCCC1CCCN(c2nccc(C(=O)O)n2)CC1. The summed E-state index contributed by atoms with van der Waals surface area (Å²) in [6, 6.07) is 1.43. The van der Waals surface area contributed by atoms with E-state index in [1.807, 2.05) is 0 Å². The number of nitrogens with zero attached hydrogens (tertiary/aromatic N) is 3. The molecular weight excluding hydrogens is 242 g/mol. The molecule has 1 aliphatic rings. The molecule has 0 radical (unpaired) electrons. The van der Waals surface area contributed by atoms with Gasteiger partial charge in [0.2, 0.25) is 5.95 Å². The average molecular weight is 263 g/mol. The molecule has 0 aromatic carbocycles. The van der Waals surface area contributed by atoms with Gasteiger partial charge in [0.05, 0.1) is 0 Å². The van der Waals surface area contributed by atoms with E-state index in [-0.39, 0.29) is 5.69 Å². The monoisotopic (exact) mass is 263 g/mol. The first-order valence-electron chi connectivity index (χ1n) is 7.02. The van der Waals surface area contributed by atoms with Gasteiger partial charge in [0.1, 0.15) is 0 Å². The molecule has 0 amide bonds. The van der Waals surface area contributed by atoms with Crippen LogP contribution in [0.3, 0.4) is 0 Å². The maximum absolute atomic E-state index is 10.9. The van der Waals surface area contributed by atoms with Gasteiger partial charge in [-0.1, -0.05) is 19.8 Å². The molecule has 2 heterocycles. The normalized spacial score (nSPS) is 20.1. The zero-order valence-electron chi connectivity index (χ0n) is 11.4. The van der Waals surface area contributed by atoms with Crippen molar-refractivity contribution in [3.05, 3.63) is 18.0 Å². The van der Waals surface area contributed by atoms with Crippen molar-refractivity contribution in [3.8, 4) is 0 Å². The lowest BCUT2D eigenvalue weighted by molar-refractivity contribution is 0.0690. The van der Waals surface area contributed by atoms with E-state index in [9.17, 15) is 4.79 Å². The van der Waals surface area contributed by atoms with Crippen molar-refractivity contribution < 1.29 is 9.90 Å². The van der Waals surface area contributed by atoms with E-state index in [1.54, 1.807) is 0 Å². The molecular formula is C14H21N3O2. The molecule has 1 aliphatic heterocycles. The zero-order chi connectivity index (χ0) is 13.7. The third kappa shape index (κ3) is 3.66. The Morgan fingerprint density at radius 3 is 3.05 bits per heavy atom. The Balaban J connectivity index is 2.05. The highest BCUT2D eigenvalue weighted by atomic mass is 16.4. The van der Waals surface area contributed by atoms with Gasteiger partial charge in [0.15, 0.2) is 5.69 Å². The zero-order valence-corrected chi connectivity index (χ0v) is 11.4. The molecule has 0 aliphatic carbocycles. The Labute approximate surface area is 113 Å². The van der Waals surface area contributed by atoms with Crippen molar-refractivity contribution in [3.63, 3.8) is 0 Å². The molecule has 1 fully saturated rings. The van der Waals surface area contributed by atoms with Gasteiger partial charge in [-0.3, -0.25) is 0 Å². The molecule has 0 spiro atoms. The maximum atomic E-state index is 10.9. The van der Waals surface area contributed by atoms with Crippen molar-refractivity contribution >= 4 is 11.9 Å². The number of hydrogen-bond donors (Lipinski definition) is 1. The quantitative estimate of drug-likeness (QED) is 0.904. The topological polar surface area (TPSA) is 66.3 Å². The summed E-state index contributed by atoms with van der Waals surface area (Å²) in [4.78, 5) is 21.4.